The van der Waals surface area contributed by atoms with Crippen molar-refractivity contribution in [3.63, 3.8) is 0 Å². The van der Waals surface area contributed by atoms with Crippen LogP contribution in [-0.2, 0) is 27.1 Å². The quantitative estimate of drug-likeness (QED) is 0.284. The van der Waals surface area contributed by atoms with E-state index in [4.69, 9.17) is 0 Å². The summed E-state index contributed by atoms with van der Waals surface area (Å²) in [6.07, 6.45) is 5.91. The van der Waals surface area contributed by atoms with Crippen LogP contribution in [0.5, 0.6) is 0 Å². The van der Waals surface area contributed by atoms with Crippen LogP contribution in [0.3, 0.4) is 0 Å². The van der Waals surface area contributed by atoms with Crippen molar-refractivity contribution in [1.29, 1.82) is 0 Å². The molecular formula is C26H25Cl3Ti. The van der Waals surface area contributed by atoms with Gasteiger partial charge in [0.25, 0.3) is 0 Å². The second-order valence-corrected chi connectivity index (χ2v) is 8.16. The van der Waals surface area contributed by atoms with Crippen LogP contribution in [0.4, 0.5) is 0 Å². The van der Waals surface area contributed by atoms with E-state index in [1.807, 2.05) is 0 Å². The van der Waals surface area contributed by atoms with Gasteiger partial charge in [0.2, 0.25) is 0 Å². The van der Waals surface area contributed by atoms with E-state index in [1.165, 1.54) is 22.3 Å². The van der Waals surface area contributed by atoms with E-state index in [0.717, 1.165) is 0 Å². The van der Waals surface area contributed by atoms with Crippen molar-refractivity contribution in [3.05, 3.63) is 113 Å². The number of rotatable bonds is 3. The van der Waals surface area contributed by atoms with Gasteiger partial charge in [-0.25, -0.2) is 6.08 Å². The molecule has 0 heterocycles. The van der Waals surface area contributed by atoms with Crippen molar-refractivity contribution in [2.45, 2.75) is 32.1 Å². The van der Waals surface area contributed by atoms with Crippen LogP contribution in [-0.4, -0.2) is 0 Å². The molecule has 0 aromatic heterocycles. The fraction of sp³-hybridized carbons (Fsp3) is 0.231. The Morgan fingerprint density at radius 3 is 1.53 bits per heavy atom. The van der Waals surface area contributed by atoms with Crippen LogP contribution in [0.15, 0.2) is 84.9 Å². The molecule has 0 bridgehead atoms. The Kier molecular flexibility index (Phi) is 11.2. The number of allylic oxidation sites excluding steroid dienone is 1. The van der Waals surface area contributed by atoms with Crippen LogP contribution in [0.2, 0.25) is 0 Å². The Labute approximate surface area is 214 Å². The molecule has 0 saturated carbocycles. The first kappa shape index (κ1) is 29.0. The maximum atomic E-state index is 3.74. The van der Waals surface area contributed by atoms with Gasteiger partial charge in [0.05, 0.1) is 0 Å². The Balaban J connectivity index is 0.00000210. The molecule has 3 aromatic carbocycles. The van der Waals surface area contributed by atoms with Gasteiger partial charge in [0.15, 0.2) is 0 Å². The van der Waals surface area contributed by atoms with Gasteiger partial charge in [-0.15, -0.1) is 11.6 Å². The van der Waals surface area contributed by atoms with Gasteiger partial charge < -0.3 is 37.2 Å². The molecule has 0 nitrogen and oxygen atoms in total. The SMILES string of the molecule is CC(C)(C)C(c1ccccc1)(c1ccccc1)C1[C-]=Cc2ccccc21.[Cl-].[Cl-].[Cl-].[Ti+4]. The minimum Gasteiger partial charge on any atom is -1.00 e. The van der Waals surface area contributed by atoms with Crippen LogP contribution in [0, 0.1) is 11.5 Å². The van der Waals surface area contributed by atoms with Crippen molar-refractivity contribution in [2.75, 3.05) is 0 Å². The average Bonchev–Trinajstić information content (AvgIpc) is 3.08. The van der Waals surface area contributed by atoms with Crippen LogP contribution in [0.25, 0.3) is 6.08 Å². The van der Waals surface area contributed by atoms with E-state index in [1.54, 1.807) is 0 Å². The zero-order chi connectivity index (χ0) is 18.2. The minimum atomic E-state index is -0.196. The molecule has 0 aliphatic heterocycles. The number of benzene rings is 3. The standard InChI is InChI=1S/C26H25.3ClH.Ti/c1-25(2,3)26(21-13-6-4-7-14-21,22-15-8-5-9-16-22)24-19-18-20-12-10-11-17-23(20)24;;;;/h4-18,24H,1-3H3;3*1H;/q-1;;;;+4/p-3. The van der Waals surface area contributed by atoms with Gasteiger partial charge >= 0.3 is 21.7 Å². The first-order valence-corrected chi connectivity index (χ1v) is 9.34. The number of hydrogen-bond donors (Lipinski definition) is 0. The van der Waals surface area contributed by atoms with E-state index < -0.39 is 0 Å². The second kappa shape index (κ2) is 11.6. The molecule has 154 valence electrons. The summed E-state index contributed by atoms with van der Waals surface area (Å²) >= 11 is 0. The first-order chi connectivity index (χ1) is 12.5. The monoisotopic (exact) mass is 490 g/mol. The average molecular weight is 492 g/mol. The Morgan fingerprint density at radius 2 is 1.07 bits per heavy atom. The van der Waals surface area contributed by atoms with E-state index in [2.05, 4.69) is 118 Å². The number of fused-ring (bicyclic) bond motifs is 1. The molecular weight excluding hydrogens is 467 g/mol. The summed E-state index contributed by atoms with van der Waals surface area (Å²) < 4.78 is 0. The third-order valence-corrected chi connectivity index (χ3v) is 5.79. The van der Waals surface area contributed by atoms with Gasteiger partial charge in [0, 0.05) is 5.41 Å². The summed E-state index contributed by atoms with van der Waals surface area (Å²) in [4.78, 5) is 0. The van der Waals surface area contributed by atoms with Crippen molar-refractivity contribution in [2.24, 2.45) is 5.41 Å². The zero-order valence-electron chi connectivity index (χ0n) is 17.4. The van der Waals surface area contributed by atoms with Gasteiger partial charge in [-0.3, -0.25) is 6.08 Å². The van der Waals surface area contributed by atoms with Crippen LogP contribution in [0.1, 0.15) is 48.9 Å². The van der Waals surface area contributed by atoms with Crippen LogP contribution >= 0.6 is 0 Å². The maximum Gasteiger partial charge on any atom is 4.00 e. The minimum absolute atomic E-state index is 0. The second-order valence-electron chi connectivity index (χ2n) is 8.16. The molecule has 0 saturated heterocycles. The van der Waals surface area contributed by atoms with Crippen molar-refractivity contribution >= 4 is 6.08 Å². The van der Waals surface area contributed by atoms with E-state index in [-0.39, 0.29) is 75.7 Å². The topological polar surface area (TPSA) is 0 Å². The molecule has 4 rings (SSSR count). The smallest absolute Gasteiger partial charge is 1.00 e. The summed E-state index contributed by atoms with van der Waals surface area (Å²) in [7, 11) is 0. The number of hydrogen-bond acceptors (Lipinski definition) is 0. The number of halogens is 3. The maximum absolute atomic E-state index is 3.74. The third-order valence-electron chi connectivity index (χ3n) is 5.79. The normalized spacial score (nSPS) is 14.3. The molecule has 1 aliphatic rings. The molecule has 3 aromatic rings. The van der Waals surface area contributed by atoms with E-state index in [0.29, 0.717) is 0 Å². The fourth-order valence-corrected chi connectivity index (χ4v) is 4.73. The van der Waals surface area contributed by atoms with Crippen molar-refractivity contribution < 1.29 is 58.9 Å². The van der Waals surface area contributed by atoms with Gasteiger partial charge in [-0.1, -0.05) is 106 Å². The molecule has 0 fully saturated rings. The molecule has 1 aliphatic carbocycles. The van der Waals surface area contributed by atoms with E-state index >= 15 is 0 Å². The van der Waals surface area contributed by atoms with Crippen LogP contribution < -0.4 is 37.2 Å². The van der Waals surface area contributed by atoms with Gasteiger partial charge in [-0.05, 0) is 16.5 Å². The largest absolute Gasteiger partial charge is 4.00 e. The molecule has 30 heavy (non-hydrogen) atoms. The predicted octanol–water partition coefficient (Wildman–Crippen LogP) is -2.36. The molecule has 1 atom stereocenters. The molecule has 4 heteroatoms. The van der Waals surface area contributed by atoms with Crippen molar-refractivity contribution in [3.8, 4) is 0 Å². The predicted molar refractivity (Wildman–Crippen MR) is 110 cm³/mol. The summed E-state index contributed by atoms with van der Waals surface area (Å²) in [5, 5.41) is 0. The van der Waals surface area contributed by atoms with Gasteiger partial charge in [-0.2, -0.15) is 5.56 Å². The molecule has 1 unspecified atom stereocenters. The molecule has 0 amide bonds. The fourth-order valence-electron chi connectivity index (χ4n) is 4.73. The molecule has 0 N–H and O–H groups in total. The summed E-state index contributed by atoms with van der Waals surface area (Å²) in [5.74, 6) is 0.184. The summed E-state index contributed by atoms with van der Waals surface area (Å²) in [5.41, 5.74) is 5.16. The Bertz CT molecular complexity index is 892. The molecule has 0 radical (unpaired) electrons. The van der Waals surface area contributed by atoms with Crippen molar-refractivity contribution in [1.82, 2.24) is 0 Å². The Hall–Kier alpha value is -1.02. The summed E-state index contributed by atoms with van der Waals surface area (Å²) in [6, 6.07) is 30.7. The third kappa shape index (κ3) is 4.74. The first-order valence-electron chi connectivity index (χ1n) is 9.34. The zero-order valence-corrected chi connectivity index (χ0v) is 21.2. The molecule has 0 spiro atoms. The van der Waals surface area contributed by atoms with Gasteiger partial charge in [0.1, 0.15) is 0 Å². The van der Waals surface area contributed by atoms with E-state index in [9.17, 15) is 0 Å². The summed E-state index contributed by atoms with van der Waals surface area (Å²) in [6.45, 7) is 7.07. The Morgan fingerprint density at radius 1 is 0.633 bits per heavy atom.